The molecule has 3 heterocycles. The van der Waals surface area contributed by atoms with E-state index in [1.165, 1.54) is 19.3 Å². The van der Waals surface area contributed by atoms with E-state index in [0.717, 1.165) is 18.8 Å². The van der Waals surface area contributed by atoms with Crippen LogP contribution in [0.4, 0.5) is 11.8 Å². The monoisotopic (exact) mass is 339 g/mol. The van der Waals surface area contributed by atoms with Gasteiger partial charge in [0.15, 0.2) is 15.7 Å². The van der Waals surface area contributed by atoms with Crippen LogP contribution in [0.25, 0.3) is 0 Å². The van der Waals surface area contributed by atoms with Crippen LogP contribution in [-0.2, 0) is 9.84 Å². The van der Waals surface area contributed by atoms with Crippen molar-refractivity contribution in [3.8, 4) is 0 Å². The molecule has 0 bridgehead atoms. The first-order valence-corrected chi connectivity index (χ1v) is 10.2. The molecule has 2 saturated heterocycles. The van der Waals surface area contributed by atoms with Crippen molar-refractivity contribution in [2.24, 2.45) is 0 Å². The van der Waals surface area contributed by atoms with Crippen molar-refractivity contribution in [2.75, 3.05) is 34.9 Å². The van der Waals surface area contributed by atoms with Crippen LogP contribution in [0.5, 0.6) is 0 Å². The third-order valence-corrected chi connectivity index (χ3v) is 6.75. The Morgan fingerprint density at radius 2 is 2.17 bits per heavy atom. The van der Waals surface area contributed by atoms with Gasteiger partial charge in [-0.05, 0) is 32.1 Å². The van der Waals surface area contributed by atoms with Crippen LogP contribution >= 0.6 is 0 Å². The molecule has 7 nitrogen and oxygen atoms in total. The smallest absolute Gasteiger partial charge is 0.247 e. The highest BCUT2D eigenvalue weighted by Crippen LogP contribution is 2.26. The summed E-state index contributed by atoms with van der Waals surface area (Å²) in [4.78, 5) is 8.86. The maximum absolute atomic E-state index is 11.7. The third-order valence-electron chi connectivity index (χ3n) is 5.00. The first kappa shape index (κ1) is 16.4. The van der Waals surface area contributed by atoms with Crippen molar-refractivity contribution in [1.29, 1.82) is 0 Å². The number of aromatic nitrogens is 3. The normalized spacial score (nSPS) is 27.1. The minimum absolute atomic E-state index is 0.0552. The van der Waals surface area contributed by atoms with Crippen LogP contribution in [0.3, 0.4) is 0 Å². The molecule has 8 heteroatoms. The second-order valence-electron chi connectivity index (χ2n) is 6.53. The van der Waals surface area contributed by atoms with Gasteiger partial charge in [-0.2, -0.15) is 10.1 Å². The summed E-state index contributed by atoms with van der Waals surface area (Å²) in [6, 6.07) is 0.450. The SMILES string of the molecule is CCC1CCCCN1c1cnnc(N(C)C2CCS(=O)(=O)C2)n1. The van der Waals surface area contributed by atoms with E-state index in [-0.39, 0.29) is 17.5 Å². The molecule has 0 spiro atoms. The molecule has 0 amide bonds. The van der Waals surface area contributed by atoms with Crippen LogP contribution < -0.4 is 9.80 Å². The summed E-state index contributed by atoms with van der Waals surface area (Å²) in [5.41, 5.74) is 0. The van der Waals surface area contributed by atoms with Crippen LogP contribution in [0.1, 0.15) is 39.0 Å². The van der Waals surface area contributed by atoms with Gasteiger partial charge in [-0.15, -0.1) is 5.10 Å². The van der Waals surface area contributed by atoms with Crippen LogP contribution in [0, 0.1) is 0 Å². The van der Waals surface area contributed by atoms with Crippen LogP contribution in [0.15, 0.2) is 6.20 Å². The van der Waals surface area contributed by atoms with Crippen molar-refractivity contribution in [2.45, 2.75) is 51.1 Å². The molecule has 2 atom stereocenters. The molecule has 0 N–H and O–H groups in total. The number of hydrogen-bond acceptors (Lipinski definition) is 7. The van der Waals surface area contributed by atoms with Gasteiger partial charge >= 0.3 is 0 Å². The Hall–Kier alpha value is -1.44. The predicted octanol–water partition coefficient (Wildman–Crippen LogP) is 1.26. The molecular formula is C15H25N5O2S. The van der Waals surface area contributed by atoms with Gasteiger partial charge in [-0.1, -0.05) is 6.92 Å². The highest BCUT2D eigenvalue weighted by molar-refractivity contribution is 7.91. The Labute approximate surface area is 138 Å². The fraction of sp³-hybridized carbons (Fsp3) is 0.800. The first-order chi connectivity index (χ1) is 11.0. The van der Waals surface area contributed by atoms with Crippen molar-refractivity contribution >= 4 is 21.6 Å². The first-order valence-electron chi connectivity index (χ1n) is 8.40. The van der Waals surface area contributed by atoms with Gasteiger partial charge in [0.1, 0.15) is 0 Å². The topological polar surface area (TPSA) is 79.3 Å². The number of hydrogen-bond donors (Lipinski definition) is 0. The van der Waals surface area contributed by atoms with Gasteiger partial charge in [-0.3, -0.25) is 0 Å². The second kappa shape index (κ2) is 6.59. The molecule has 2 aliphatic rings. The largest absolute Gasteiger partial charge is 0.352 e. The summed E-state index contributed by atoms with van der Waals surface area (Å²) >= 11 is 0. The van der Waals surface area contributed by atoms with E-state index in [2.05, 4.69) is 27.0 Å². The number of nitrogens with zero attached hydrogens (tertiary/aromatic N) is 5. The van der Waals surface area contributed by atoms with Crippen molar-refractivity contribution in [3.05, 3.63) is 6.20 Å². The average molecular weight is 339 g/mol. The molecule has 128 valence electrons. The lowest BCUT2D eigenvalue weighted by molar-refractivity contribution is 0.445. The Kier molecular flexibility index (Phi) is 4.70. The lowest BCUT2D eigenvalue weighted by Gasteiger charge is -2.36. The molecule has 1 aromatic rings. The van der Waals surface area contributed by atoms with Gasteiger partial charge in [0.05, 0.1) is 17.7 Å². The summed E-state index contributed by atoms with van der Waals surface area (Å²) in [5, 5.41) is 8.23. The average Bonchev–Trinajstić information content (AvgIpc) is 2.94. The van der Waals surface area contributed by atoms with Gasteiger partial charge in [0.2, 0.25) is 5.95 Å². The molecule has 2 aliphatic heterocycles. The molecule has 1 aromatic heterocycles. The van der Waals surface area contributed by atoms with Crippen LogP contribution in [-0.4, -0.2) is 60.8 Å². The van der Waals surface area contributed by atoms with Crippen molar-refractivity contribution < 1.29 is 8.42 Å². The van der Waals surface area contributed by atoms with E-state index in [1.807, 2.05) is 11.9 Å². The number of piperidine rings is 1. The molecule has 0 aromatic carbocycles. The van der Waals surface area contributed by atoms with E-state index in [9.17, 15) is 8.42 Å². The summed E-state index contributed by atoms with van der Waals surface area (Å²) < 4.78 is 23.4. The van der Waals surface area contributed by atoms with Gasteiger partial charge in [0, 0.05) is 25.7 Å². The van der Waals surface area contributed by atoms with E-state index < -0.39 is 9.84 Å². The van der Waals surface area contributed by atoms with E-state index >= 15 is 0 Å². The summed E-state index contributed by atoms with van der Waals surface area (Å²) in [6.45, 7) is 3.20. The second-order valence-corrected chi connectivity index (χ2v) is 8.76. The minimum Gasteiger partial charge on any atom is -0.352 e. The van der Waals surface area contributed by atoms with E-state index in [1.54, 1.807) is 6.20 Å². The molecule has 0 saturated carbocycles. The lowest BCUT2D eigenvalue weighted by atomic mass is 10.0. The molecule has 3 rings (SSSR count). The molecule has 0 radical (unpaired) electrons. The minimum atomic E-state index is -2.92. The summed E-state index contributed by atoms with van der Waals surface area (Å²) in [6.07, 6.45) is 7.07. The Morgan fingerprint density at radius 3 is 2.87 bits per heavy atom. The molecule has 0 aliphatic carbocycles. The maximum atomic E-state index is 11.7. The standard InChI is InChI=1S/C15H25N5O2S/c1-3-12-6-4-5-8-20(12)14-10-16-18-15(17-14)19(2)13-7-9-23(21,22)11-13/h10,12-13H,3-9,11H2,1-2H3. The van der Waals surface area contributed by atoms with E-state index in [4.69, 9.17) is 0 Å². The summed E-state index contributed by atoms with van der Waals surface area (Å²) in [5.74, 6) is 1.80. The molecule has 2 fully saturated rings. The molecular weight excluding hydrogens is 314 g/mol. The quantitative estimate of drug-likeness (QED) is 0.817. The number of anilines is 2. The van der Waals surface area contributed by atoms with Crippen molar-refractivity contribution in [3.63, 3.8) is 0 Å². The lowest BCUT2D eigenvalue weighted by Crippen LogP contribution is -2.40. The zero-order valence-corrected chi connectivity index (χ0v) is 14.7. The van der Waals surface area contributed by atoms with Gasteiger partial charge in [0.25, 0.3) is 0 Å². The summed E-state index contributed by atoms with van der Waals surface area (Å²) in [7, 11) is -1.06. The maximum Gasteiger partial charge on any atom is 0.247 e. The highest BCUT2D eigenvalue weighted by atomic mass is 32.2. The van der Waals surface area contributed by atoms with E-state index in [0.29, 0.717) is 18.4 Å². The van der Waals surface area contributed by atoms with Crippen LogP contribution in [0.2, 0.25) is 0 Å². The fourth-order valence-corrected chi connectivity index (χ4v) is 5.32. The Morgan fingerprint density at radius 1 is 1.35 bits per heavy atom. The zero-order valence-electron chi connectivity index (χ0n) is 13.8. The third kappa shape index (κ3) is 3.57. The van der Waals surface area contributed by atoms with Gasteiger partial charge < -0.3 is 9.80 Å². The molecule has 2 unspecified atom stereocenters. The highest BCUT2D eigenvalue weighted by Gasteiger charge is 2.32. The van der Waals surface area contributed by atoms with Gasteiger partial charge in [-0.25, -0.2) is 8.42 Å². The predicted molar refractivity (Wildman–Crippen MR) is 90.6 cm³/mol. The van der Waals surface area contributed by atoms with Crippen molar-refractivity contribution in [1.82, 2.24) is 15.2 Å². The Balaban J connectivity index is 1.79. The fourth-order valence-electron chi connectivity index (χ4n) is 3.54. The number of rotatable bonds is 4. The zero-order chi connectivity index (χ0) is 16.4. The number of sulfone groups is 1. The molecule has 23 heavy (non-hydrogen) atoms. The Bertz CT molecular complexity index is 651.